The van der Waals surface area contributed by atoms with Gasteiger partial charge in [-0.15, -0.1) is 11.3 Å². The topological polar surface area (TPSA) is 23.8 Å². The van der Waals surface area contributed by atoms with E-state index in [0.29, 0.717) is 0 Å². The molecule has 64 valence electrons. The van der Waals surface area contributed by atoms with E-state index in [1.165, 1.54) is 10.9 Å². The van der Waals surface area contributed by atoms with Gasteiger partial charge in [-0.25, -0.2) is 0 Å². The van der Waals surface area contributed by atoms with Crippen molar-refractivity contribution in [3.8, 4) is 6.07 Å². The number of rotatable bonds is 0. The van der Waals surface area contributed by atoms with Crippen LogP contribution in [0.2, 0.25) is 0 Å². The van der Waals surface area contributed by atoms with Gasteiger partial charge in [-0.1, -0.05) is 12.1 Å². The third-order valence-electron chi connectivity index (χ3n) is 2.03. The molecule has 2 aromatic rings. The van der Waals surface area contributed by atoms with Crippen LogP contribution in [0.5, 0.6) is 0 Å². The minimum atomic E-state index is 0.760. The Morgan fingerprint density at radius 1 is 1.46 bits per heavy atom. The second-order valence-corrected chi connectivity index (χ2v) is 5.13. The maximum atomic E-state index is 8.88. The first-order chi connectivity index (χ1) is 6.24. The molecule has 0 unspecified atom stereocenters. The van der Waals surface area contributed by atoms with Crippen molar-refractivity contribution in [3.63, 3.8) is 0 Å². The summed E-state index contributed by atoms with van der Waals surface area (Å²) >= 11 is 5.11. The van der Waals surface area contributed by atoms with E-state index in [4.69, 9.17) is 5.26 Å². The second-order valence-electron chi connectivity index (χ2n) is 2.79. The zero-order chi connectivity index (χ0) is 9.42. The van der Waals surface area contributed by atoms with Crippen molar-refractivity contribution < 1.29 is 0 Å². The number of aryl methyl sites for hydroxylation is 1. The molecule has 1 aromatic carbocycles. The van der Waals surface area contributed by atoms with Gasteiger partial charge in [0.25, 0.3) is 0 Å². The Bertz CT molecular complexity index is 507. The maximum absolute atomic E-state index is 8.88. The molecule has 0 saturated carbocycles. The van der Waals surface area contributed by atoms with Crippen molar-refractivity contribution in [2.75, 3.05) is 0 Å². The van der Waals surface area contributed by atoms with Gasteiger partial charge in [-0.3, -0.25) is 0 Å². The molecule has 0 N–H and O–H groups in total. The van der Waals surface area contributed by atoms with Gasteiger partial charge < -0.3 is 0 Å². The van der Waals surface area contributed by atoms with E-state index in [-0.39, 0.29) is 0 Å². The molecule has 1 nitrogen and oxygen atoms in total. The third-order valence-corrected chi connectivity index (χ3v) is 4.24. The Morgan fingerprint density at radius 2 is 2.23 bits per heavy atom. The monoisotopic (exact) mass is 251 g/mol. The lowest BCUT2D eigenvalue weighted by molar-refractivity contribution is 1.51. The van der Waals surface area contributed by atoms with E-state index in [0.717, 1.165) is 14.0 Å². The molecule has 1 aromatic heterocycles. The van der Waals surface area contributed by atoms with Gasteiger partial charge in [-0.05, 0) is 39.9 Å². The lowest BCUT2D eigenvalue weighted by Crippen LogP contribution is -1.73. The number of thiophene rings is 1. The number of hydrogen-bond donors (Lipinski definition) is 0. The number of nitrogens with zero attached hydrogens (tertiary/aromatic N) is 1. The SMILES string of the molecule is Cc1c(Br)sc2c(C#N)cccc12. The summed E-state index contributed by atoms with van der Waals surface area (Å²) in [5.41, 5.74) is 1.98. The summed E-state index contributed by atoms with van der Waals surface area (Å²) in [4.78, 5) is 0. The van der Waals surface area contributed by atoms with Crippen LogP contribution in [0.3, 0.4) is 0 Å². The quantitative estimate of drug-likeness (QED) is 0.698. The summed E-state index contributed by atoms with van der Waals surface area (Å²) in [6, 6.07) is 8.02. The molecule has 0 aliphatic heterocycles. The highest BCUT2D eigenvalue weighted by Gasteiger charge is 2.08. The van der Waals surface area contributed by atoms with E-state index in [2.05, 4.69) is 28.9 Å². The van der Waals surface area contributed by atoms with Gasteiger partial charge >= 0.3 is 0 Å². The van der Waals surface area contributed by atoms with Crippen molar-refractivity contribution in [2.45, 2.75) is 6.92 Å². The summed E-state index contributed by atoms with van der Waals surface area (Å²) in [7, 11) is 0. The van der Waals surface area contributed by atoms with E-state index in [1.807, 2.05) is 18.2 Å². The van der Waals surface area contributed by atoms with Crippen molar-refractivity contribution in [3.05, 3.63) is 33.1 Å². The Balaban J connectivity index is 2.95. The zero-order valence-electron chi connectivity index (χ0n) is 6.97. The molecule has 0 radical (unpaired) electrons. The molecule has 13 heavy (non-hydrogen) atoms. The normalized spacial score (nSPS) is 10.2. The first kappa shape index (κ1) is 8.74. The number of nitriles is 1. The minimum absolute atomic E-state index is 0.760. The Morgan fingerprint density at radius 3 is 2.92 bits per heavy atom. The van der Waals surface area contributed by atoms with Gasteiger partial charge in [-0.2, -0.15) is 5.26 Å². The maximum Gasteiger partial charge on any atom is 0.101 e. The highest BCUT2D eigenvalue weighted by molar-refractivity contribution is 9.11. The van der Waals surface area contributed by atoms with Crippen molar-refractivity contribution >= 4 is 37.4 Å². The Hall–Kier alpha value is -0.850. The summed E-state index contributed by atoms with van der Waals surface area (Å²) in [5, 5.41) is 10.1. The van der Waals surface area contributed by atoms with Crippen molar-refractivity contribution in [1.29, 1.82) is 5.26 Å². The third kappa shape index (κ3) is 1.27. The Kier molecular flexibility index (Phi) is 2.10. The first-order valence-corrected chi connectivity index (χ1v) is 5.42. The van der Waals surface area contributed by atoms with E-state index >= 15 is 0 Å². The predicted octanol–water partition coefficient (Wildman–Crippen LogP) is 3.84. The van der Waals surface area contributed by atoms with Crippen LogP contribution < -0.4 is 0 Å². The van der Waals surface area contributed by atoms with Crippen LogP contribution in [0.25, 0.3) is 10.1 Å². The molecule has 0 saturated heterocycles. The largest absolute Gasteiger partial charge is 0.192 e. The molecule has 2 rings (SSSR count). The number of benzene rings is 1. The van der Waals surface area contributed by atoms with Gasteiger partial charge in [0.1, 0.15) is 6.07 Å². The molecular formula is C10H6BrNS. The molecular weight excluding hydrogens is 246 g/mol. The van der Waals surface area contributed by atoms with Crippen LogP contribution >= 0.6 is 27.3 Å². The van der Waals surface area contributed by atoms with E-state index in [1.54, 1.807) is 11.3 Å². The fourth-order valence-corrected chi connectivity index (χ4v) is 3.00. The summed E-state index contributed by atoms with van der Waals surface area (Å²) in [6.07, 6.45) is 0. The zero-order valence-corrected chi connectivity index (χ0v) is 9.37. The van der Waals surface area contributed by atoms with Crippen LogP contribution in [0.15, 0.2) is 22.0 Å². The number of hydrogen-bond acceptors (Lipinski definition) is 2. The van der Waals surface area contributed by atoms with Crippen LogP contribution in [-0.2, 0) is 0 Å². The van der Waals surface area contributed by atoms with Crippen LogP contribution in [0.1, 0.15) is 11.1 Å². The summed E-state index contributed by atoms with van der Waals surface area (Å²) in [5.74, 6) is 0. The van der Waals surface area contributed by atoms with Crippen molar-refractivity contribution in [1.82, 2.24) is 0 Å². The van der Waals surface area contributed by atoms with Gasteiger partial charge in [0, 0.05) is 0 Å². The second kappa shape index (κ2) is 3.13. The van der Waals surface area contributed by atoms with Gasteiger partial charge in [0.05, 0.1) is 14.0 Å². The number of fused-ring (bicyclic) bond motifs is 1. The standard InChI is InChI=1S/C10H6BrNS/c1-6-8-4-2-3-7(5-12)9(8)13-10(6)11/h2-4H,1H3. The minimum Gasteiger partial charge on any atom is -0.192 e. The smallest absolute Gasteiger partial charge is 0.101 e. The Labute approximate surface area is 88.7 Å². The molecule has 0 amide bonds. The molecule has 3 heteroatoms. The molecule has 0 bridgehead atoms. The average Bonchev–Trinajstić information content (AvgIpc) is 2.43. The highest BCUT2D eigenvalue weighted by Crippen LogP contribution is 2.36. The molecule has 0 fully saturated rings. The fraction of sp³-hybridized carbons (Fsp3) is 0.100. The molecule has 0 spiro atoms. The summed E-state index contributed by atoms with van der Waals surface area (Å²) in [6.45, 7) is 2.06. The predicted molar refractivity (Wildman–Crippen MR) is 59.0 cm³/mol. The highest BCUT2D eigenvalue weighted by atomic mass is 79.9. The van der Waals surface area contributed by atoms with Crippen molar-refractivity contribution in [2.24, 2.45) is 0 Å². The fourth-order valence-electron chi connectivity index (χ4n) is 1.30. The lowest BCUT2D eigenvalue weighted by atomic mass is 10.1. The average molecular weight is 252 g/mol. The van der Waals surface area contributed by atoms with Crippen LogP contribution in [0.4, 0.5) is 0 Å². The van der Waals surface area contributed by atoms with Crippen LogP contribution in [-0.4, -0.2) is 0 Å². The first-order valence-electron chi connectivity index (χ1n) is 3.81. The van der Waals surface area contributed by atoms with Crippen LogP contribution in [0, 0.1) is 18.3 Å². The van der Waals surface area contributed by atoms with Gasteiger partial charge in [0.15, 0.2) is 0 Å². The van der Waals surface area contributed by atoms with E-state index < -0.39 is 0 Å². The lowest BCUT2D eigenvalue weighted by Gasteiger charge is -1.91. The molecule has 0 atom stereocenters. The van der Waals surface area contributed by atoms with E-state index in [9.17, 15) is 0 Å². The van der Waals surface area contributed by atoms with Gasteiger partial charge in [0.2, 0.25) is 0 Å². The molecule has 0 aliphatic rings. The molecule has 0 aliphatic carbocycles. The molecule has 1 heterocycles. The number of halogens is 1. The summed E-state index contributed by atoms with van der Waals surface area (Å²) < 4.78 is 2.19.